The average Bonchev–Trinajstić information content (AvgIpc) is 2.11. The van der Waals surface area contributed by atoms with Crippen LogP contribution < -0.4 is 5.32 Å². The summed E-state index contributed by atoms with van der Waals surface area (Å²) in [5, 5.41) is 1.45. The van der Waals surface area contributed by atoms with Crippen LogP contribution in [0.25, 0.3) is 0 Å². The Balaban J connectivity index is 4.33. The number of hydrogen-bond donors (Lipinski definition) is 1. The van der Waals surface area contributed by atoms with E-state index in [2.05, 4.69) is 4.74 Å². The van der Waals surface area contributed by atoms with Gasteiger partial charge < -0.3 is 10.1 Å². The number of ether oxygens (including phenoxy) is 1. The zero-order valence-electron chi connectivity index (χ0n) is 7.99. The van der Waals surface area contributed by atoms with E-state index in [-0.39, 0.29) is 0 Å². The largest absolute Gasteiger partial charge is 0.463 e. The molecule has 0 fully saturated rings. The van der Waals surface area contributed by atoms with E-state index in [1.807, 2.05) is 0 Å². The molecule has 0 aliphatic carbocycles. The van der Waals surface area contributed by atoms with Crippen LogP contribution in [0.5, 0.6) is 0 Å². The van der Waals surface area contributed by atoms with Crippen LogP contribution in [0.3, 0.4) is 0 Å². The van der Waals surface area contributed by atoms with Crippen molar-refractivity contribution in [1.82, 2.24) is 5.32 Å². The van der Waals surface area contributed by atoms with Crippen LogP contribution in [0.15, 0.2) is 0 Å². The highest BCUT2D eigenvalue weighted by molar-refractivity contribution is 5.84. The Morgan fingerprint density at radius 3 is 2.13 bits per heavy atom. The van der Waals surface area contributed by atoms with Gasteiger partial charge in [0.1, 0.15) is 0 Å². The molecular weight excluding hydrogens is 225 g/mol. The molecule has 8 heteroatoms. The molecule has 0 bridgehead atoms. The van der Waals surface area contributed by atoms with Gasteiger partial charge in [-0.3, -0.25) is 4.79 Å². The van der Waals surface area contributed by atoms with Crippen molar-refractivity contribution in [2.24, 2.45) is 0 Å². The molecule has 15 heavy (non-hydrogen) atoms. The van der Waals surface area contributed by atoms with E-state index in [0.717, 1.165) is 0 Å². The monoisotopic (exact) mass is 235 g/mol. The molecule has 0 spiro atoms. The summed E-state index contributed by atoms with van der Waals surface area (Å²) in [6.07, 6.45) is -6.52. The predicted octanol–water partition coefficient (Wildman–Crippen LogP) is 1.34. The van der Waals surface area contributed by atoms with Crippen LogP contribution in [-0.4, -0.2) is 37.8 Å². The molecule has 0 radical (unpaired) electrons. The van der Waals surface area contributed by atoms with Crippen molar-refractivity contribution >= 4 is 5.91 Å². The van der Waals surface area contributed by atoms with Gasteiger partial charge in [0.15, 0.2) is 0 Å². The van der Waals surface area contributed by atoms with Gasteiger partial charge in [-0.05, 0) is 6.92 Å². The van der Waals surface area contributed by atoms with Crippen molar-refractivity contribution in [2.75, 3.05) is 13.7 Å². The first kappa shape index (κ1) is 14.1. The Labute approximate surface area is 82.6 Å². The number of nitrogens with one attached hydrogen (secondary N) is 1. The zero-order valence-corrected chi connectivity index (χ0v) is 7.99. The number of carbonyl (C=O) groups is 1. The van der Waals surface area contributed by atoms with Gasteiger partial charge >= 0.3 is 12.1 Å². The molecule has 90 valence electrons. The van der Waals surface area contributed by atoms with Gasteiger partial charge in [0.05, 0.1) is 6.10 Å². The number of hydrogen-bond acceptors (Lipinski definition) is 2. The number of methoxy groups -OCH3 is 1. The highest BCUT2D eigenvalue weighted by Gasteiger charge is 2.63. The minimum atomic E-state index is -5.88. The summed E-state index contributed by atoms with van der Waals surface area (Å²) in [5.74, 6) is -7.75. The molecule has 0 aliphatic rings. The van der Waals surface area contributed by atoms with E-state index in [1.54, 1.807) is 0 Å². The molecule has 1 unspecified atom stereocenters. The minimum absolute atomic E-state index is 0.416. The van der Waals surface area contributed by atoms with E-state index in [1.165, 1.54) is 19.4 Å². The first-order valence-corrected chi connectivity index (χ1v) is 3.88. The van der Waals surface area contributed by atoms with E-state index >= 15 is 0 Å². The predicted molar refractivity (Wildman–Crippen MR) is 40.5 cm³/mol. The first-order valence-electron chi connectivity index (χ1n) is 3.88. The lowest BCUT2D eigenvalue weighted by molar-refractivity contribution is -0.269. The minimum Gasteiger partial charge on any atom is -0.380 e. The Morgan fingerprint density at radius 2 is 1.80 bits per heavy atom. The molecule has 0 rings (SSSR count). The van der Waals surface area contributed by atoms with Crippen molar-refractivity contribution in [3.63, 3.8) is 0 Å². The van der Waals surface area contributed by atoms with Crippen molar-refractivity contribution in [2.45, 2.75) is 25.1 Å². The lowest BCUT2D eigenvalue weighted by Gasteiger charge is -2.19. The molecule has 0 saturated carbocycles. The van der Waals surface area contributed by atoms with Gasteiger partial charge in [-0.1, -0.05) is 0 Å². The van der Waals surface area contributed by atoms with Gasteiger partial charge in [0.2, 0.25) is 0 Å². The van der Waals surface area contributed by atoms with Crippen LogP contribution in [0.4, 0.5) is 22.0 Å². The smallest absolute Gasteiger partial charge is 0.380 e. The third-order valence-corrected chi connectivity index (χ3v) is 1.59. The number of halogens is 5. The van der Waals surface area contributed by atoms with Gasteiger partial charge in [-0.2, -0.15) is 22.0 Å². The highest BCUT2D eigenvalue weighted by Crippen LogP contribution is 2.35. The van der Waals surface area contributed by atoms with Gasteiger partial charge in [0.25, 0.3) is 5.91 Å². The summed E-state index contributed by atoms with van der Waals surface area (Å²) in [6.45, 7) is 0.993. The van der Waals surface area contributed by atoms with E-state index in [4.69, 9.17) is 0 Å². The third kappa shape index (κ3) is 3.61. The molecule has 0 aromatic heterocycles. The van der Waals surface area contributed by atoms with Crippen LogP contribution in [0.2, 0.25) is 0 Å². The summed E-state index contributed by atoms with van der Waals surface area (Å²) >= 11 is 0. The lowest BCUT2D eigenvalue weighted by atomic mass is 10.3. The van der Waals surface area contributed by atoms with E-state index in [0.29, 0.717) is 0 Å². The van der Waals surface area contributed by atoms with Crippen molar-refractivity contribution < 1.29 is 31.5 Å². The molecule has 0 aromatic carbocycles. The summed E-state index contributed by atoms with van der Waals surface area (Å²) in [6, 6.07) is 0. The Hall–Kier alpha value is -0.920. The summed E-state index contributed by atoms with van der Waals surface area (Å²) in [7, 11) is 1.23. The maximum Gasteiger partial charge on any atom is 0.463 e. The fraction of sp³-hybridized carbons (Fsp3) is 0.857. The second-order valence-electron chi connectivity index (χ2n) is 2.83. The number of alkyl halides is 5. The highest BCUT2D eigenvalue weighted by atomic mass is 19.4. The zero-order chi connectivity index (χ0) is 12.3. The van der Waals surface area contributed by atoms with Crippen molar-refractivity contribution in [3.05, 3.63) is 0 Å². The second kappa shape index (κ2) is 4.73. The molecule has 3 nitrogen and oxygen atoms in total. The number of rotatable bonds is 4. The molecular formula is C7H10F5NO2. The number of carbonyl (C=O) groups excluding carboxylic acids is 1. The maximum absolute atomic E-state index is 12.3. The molecule has 1 amide bonds. The first-order chi connectivity index (χ1) is 6.63. The van der Waals surface area contributed by atoms with Crippen molar-refractivity contribution in [3.8, 4) is 0 Å². The molecule has 1 atom stereocenters. The maximum atomic E-state index is 12.3. The van der Waals surface area contributed by atoms with Gasteiger partial charge in [-0.25, -0.2) is 0 Å². The Morgan fingerprint density at radius 1 is 1.33 bits per heavy atom. The number of amides is 1. The average molecular weight is 235 g/mol. The summed E-state index contributed by atoms with van der Waals surface area (Å²) < 4.78 is 64.1. The SMILES string of the molecule is COC(C)CNC(=O)C(F)(F)C(F)(F)F. The fourth-order valence-corrected chi connectivity index (χ4v) is 0.560. The quantitative estimate of drug-likeness (QED) is 0.746. The fourth-order valence-electron chi connectivity index (χ4n) is 0.560. The van der Waals surface area contributed by atoms with Crippen LogP contribution in [-0.2, 0) is 9.53 Å². The standard InChI is InChI=1S/C7H10F5NO2/c1-4(15-2)3-13-5(14)6(8,9)7(10,11)12/h4H,3H2,1-2H3,(H,13,14). The lowest BCUT2D eigenvalue weighted by Crippen LogP contribution is -2.51. The van der Waals surface area contributed by atoms with Crippen molar-refractivity contribution in [1.29, 1.82) is 0 Å². The molecule has 0 aliphatic heterocycles. The summed E-state index contributed by atoms with van der Waals surface area (Å²) in [4.78, 5) is 10.5. The van der Waals surface area contributed by atoms with Crippen LogP contribution >= 0.6 is 0 Å². The molecule has 0 saturated heterocycles. The second-order valence-corrected chi connectivity index (χ2v) is 2.83. The van der Waals surface area contributed by atoms with Gasteiger partial charge in [-0.15, -0.1) is 0 Å². The Kier molecular flexibility index (Phi) is 4.44. The van der Waals surface area contributed by atoms with Gasteiger partial charge in [0, 0.05) is 13.7 Å². The molecule has 0 aromatic rings. The van der Waals surface area contributed by atoms with Crippen LogP contribution in [0.1, 0.15) is 6.92 Å². The van der Waals surface area contributed by atoms with E-state index in [9.17, 15) is 26.7 Å². The molecule has 0 heterocycles. The van der Waals surface area contributed by atoms with Crippen LogP contribution in [0, 0.1) is 0 Å². The summed E-state index contributed by atoms with van der Waals surface area (Å²) in [5.41, 5.74) is 0. The normalized spacial score (nSPS) is 14.9. The third-order valence-electron chi connectivity index (χ3n) is 1.59. The topological polar surface area (TPSA) is 38.3 Å². The Bertz CT molecular complexity index is 228. The molecule has 1 N–H and O–H groups in total. The van der Waals surface area contributed by atoms with E-state index < -0.39 is 30.7 Å².